The van der Waals surface area contributed by atoms with E-state index in [1.807, 2.05) is 29.2 Å². The Bertz CT molecular complexity index is 756. The highest BCUT2D eigenvalue weighted by atomic mass is 16.5. The molecule has 0 spiro atoms. The van der Waals surface area contributed by atoms with Gasteiger partial charge < -0.3 is 14.2 Å². The van der Waals surface area contributed by atoms with Crippen molar-refractivity contribution >= 4 is 5.91 Å². The molecule has 0 aliphatic carbocycles. The maximum Gasteiger partial charge on any atom is 0.276 e. The molecule has 1 aliphatic rings. The van der Waals surface area contributed by atoms with Crippen molar-refractivity contribution in [2.24, 2.45) is 5.41 Å². The van der Waals surface area contributed by atoms with E-state index in [-0.39, 0.29) is 11.3 Å². The first-order valence-electron chi connectivity index (χ1n) is 8.98. The molecule has 6 nitrogen and oxygen atoms in total. The van der Waals surface area contributed by atoms with Gasteiger partial charge in [0.15, 0.2) is 11.5 Å². The third-order valence-electron chi connectivity index (χ3n) is 4.44. The van der Waals surface area contributed by atoms with Crippen LogP contribution in [-0.2, 0) is 0 Å². The molecular weight excluding hydrogens is 330 g/mol. The van der Waals surface area contributed by atoms with E-state index in [2.05, 4.69) is 30.8 Å². The number of carbonyl (C=O) groups excluding carboxylic acids is 1. The molecule has 0 unspecified atom stereocenters. The van der Waals surface area contributed by atoms with E-state index >= 15 is 0 Å². The van der Waals surface area contributed by atoms with Crippen LogP contribution in [0.1, 0.15) is 31.3 Å². The summed E-state index contributed by atoms with van der Waals surface area (Å²) < 4.78 is 10.6. The highest BCUT2D eigenvalue weighted by molar-refractivity contribution is 5.93. The van der Waals surface area contributed by atoms with Gasteiger partial charge in [0.25, 0.3) is 5.91 Å². The number of benzene rings is 1. The molecule has 1 saturated heterocycles. The molecule has 6 heteroatoms. The summed E-state index contributed by atoms with van der Waals surface area (Å²) >= 11 is 0. The second kappa shape index (κ2) is 7.50. The summed E-state index contributed by atoms with van der Waals surface area (Å²) in [5.74, 6) is 1.23. The average Bonchev–Trinajstić information content (AvgIpc) is 3.10. The molecule has 3 rings (SSSR count). The van der Waals surface area contributed by atoms with Crippen LogP contribution in [0.4, 0.5) is 0 Å². The first-order valence-corrected chi connectivity index (χ1v) is 8.98. The zero-order valence-corrected chi connectivity index (χ0v) is 16.0. The lowest BCUT2D eigenvalue weighted by Crippen LogP contribution is -2.50. The van der Waals surface area contributed by atoms with E-state index < -0.39 is 0 Å². The standard InChI is InChI=1S/C20H27N3O3/c1-20(2,3)14-22-8-10-23(11-9-22)19(24)17-13-18(26-21-17)15-6-5-7-16(12-15)25-4/h5-7,12-13H,8-11,14H2,1-4H3. The smallest absolute Gasteiger partial charge is 0.276 e. The number of methoxy groups -OCH3 is 1. The Labute approximate surface area is 154 Å². The number of piperazine rings is 1. The number of hydrogen-bond acceptors (Lipinski definition) is 5. The molecule has 0 radical (unpaired) electrons. The highest BCUT2D eigenvalue weighted by Crippen LogP contribution is 2.25. The molecule has 1 aliphatic heterocycles. The number of nitrogens with zero attached hydrogens (tertiary/aromatic N) is 3. The third kappa shape index (κ3) is 4.43. The largest absolute Gasteiger partial charge is 0.497 e. The number of ether oxygens (including phenoxy) is 1. The quantitative estimate of drug-likeness (QED) is 0.841. The highest BCUT2D eigenvalue weighted by Gasteiger charge is 2.26. The fourth-order valence-corrected chi connectivity index (χ4v) is 3.23. The molecule has 140 valence electrons. The minimum Gasteiger partial charge on any atom is -0.497 e. The zero-order valence-electron chi connectivity index (χ0n) is 16.0. The van der Waals surface area contributed by atoms with E-state index in [1.54, 1.807) is 13.2 Å². The summed E-state index contributed by atoms with van der Waals surface area (Å²) in [6.07, 6.45) is 0. The van der Waals surface area contributed by atoms with Crippen LogP contribution in [0.15, 0.2) is 34.9 Å². The zero-order chi connectivity index (χ0) is 18.7. The maximum atomic E-state index is 12.7. The summed E-state index contributed by atoms with van der Waals surface area (Å²) in [5, 5.41) is 3.98. The van der Waals surface area contributed by atoms with Crippen molar-refractivity contribution in [1.82, 2.24) is 15.0 Å². The number of hydrogen-bond donors (Lipinski definition) is 0. The lowest BCUT2D eigenvalue weighted by molar-refractivity contribution is 0.0582. The van der Waals surface area contributed by atoms with Crippen molar-refractivity contribution in [2.75, 3.05) is 39.8 Å². The molecule has 2 aromatic rings. The van der Waals surface area contributed by atoms with Crippen molar-refractivity contribution < 1.29 is 14.1 Å². The van der Waals surface area contributed by atoms with Gasteiger partial charge in [-0.3, -0.25) is 9.69 Å². The van der Waals surface area contributed by atoms with Gasteiger partial charge in [-0.25, -0.2) is 0 Å². The van der Waals surface area contributed by atoms with Crippen LogP contribution in [0.25, 0.3) is 11.3 Å². The summed E-state index contributed by atoms with van der Waals surface area (Å²) in [6, 6.07) is 9.22. The summed E-state index contributed by atoms with van der Waals surface area (Å²) in [6.45, 7) is 11.0. The van der Waals surface area contributed by atoms with Crippen molar-refractivity contribution in [3.8, 4) is 17.1 Å². The molecule has 26 heavy (non-hydrogen) atoms. The average molecular weight is 357 g/mol. The summed E-state index contributed by atoms with van der Waals surface area (Å²) in [7, 11) is 1.62. The van der Waals surface area contributed by atoms with Crippen molar-refractivity contribution in [3.63, 3.8) is 0 Å². The molecule has 1 aromatic heterocycles. The van der Waals surface area contributed by atoms with E-state index in [0.717, 1.165) is 44.0 Å². The fraction of sp³-hybridized carbons (Fsp3) is 0.500. The number of amides is 1. The Morgan fingerprint density at radius 3 is 2.58 bits per heavy atom. The van der Waals surface area contributed by atoms with Gasteiger partial charge in [-0.1, -0.05) is 38.1 Å². The molecule has 0 bridgehead atoms. The second-order valence-corrected chi connectivity index (χ2v) is 7.94. The van der Waals surface area contributed by atoms with Gasteiger partial charge in [-0.15, -0.1) is 0 Å². The van der Waals surface area contributed by atoms with Gasteiger partial charge in [0, 0.05) is 44.4 Å². The van der Waals surface area contributed by atoms with Crippen molar-refractivity contribution in [1.29, 1.82) is 0 Å². The van der Waals surface area contributed by atoms with Crippen LogP contribution < -0.4 is 4.74 Å². The van der Waals surface area contributed by atoms with Gasteiger partial charge in [0.1, 0.15) is 5.75 Å². The molecule has 0 N–H and O–H groups in total. The van der Waals surface area contributed by atoms with Gasteiger partial charge >= 0.3 is 0 Å². The molecular formula is C20H27N3O3. The summed E-state index contributed by atoms with van der Waals surface area (Å²) in [5.41, 5.74) is 1.46. The topological polar surface area (TPSA) is 58.8 Å². The monoisotopic (exact) mass is 357 g/mol. The van der Waals surface area contributed by atoms with Crippen molar-refractivity contribution in [2.45, 2.75) is 20.8 Å². The van der Waals surface area contributed by atoms with Crippen LogP contribution in [0.5, 0.6) is 5.75 Å². The minimum absolute atomic E-state index is 0.0710. The SMILES string of the molecule is COc1cccc(-c2cc(C(=O)N3CCN(CC(C)(C)C)CC3)no2)c1. The van der Waals surface area contributed by atoms with E-state index in [1.165, 1.54) is 0 Å². The first kappa shape index (κ1) is 18.5. The van der Waals surface area contributed by atoms with Gasteiger partial charge in [-0.2, -0.15) is 0 Å². The van der Waals surface area contributed by atoms with Crippen LogP contribution in [0.3, 0.4) is 0 Å². The van der Waals surface area contributed by atoms with Gasteiger partial charge in [0.2, 0.25) is 0 Å². The second-order valence-electron chi connectivity index (χ2n) is 7.94. The van der Waals surface area contributed by atoms with Crippen LogP contribution in [-0.4, -0.2) is 60.7 Å². The first-order chi connectivity index (χ1) is 12.4. The molecule has 1 fully saturated rings. The van der Waals surface area contributed by atoms with Crippen LogP contribution in [0.2, 0.25) is 0 Å². The molecule has 0 atom stereocenters. The maximum absolute atomic E-state index is 12.7. The predicted octanol–water partition coefficient (Wildman–Crippen LogP) is 3.15. The Balaban J connectivity index is 1.64. The molecule has 2 heterocycles. The van der Waals surface area contributed by atoms with Crippen molar-refractivity contribution in [3.05, 3.63) is 36.0 Å². The predicted molar refractivity (Wildman–Crippen MR) is 100 cm³/mol. The number of carbonyl (C=O) groups is 1. The Kier molecular flexibility index (Phi) is 5.32. The number of aromatic nitrogens is 1. The lowest BCUT2D eigenvalue weighted by atomic mass is 9.96. The normalized spacial score (nSPS) is 15.9. The van der Waals surface area contributed by atoms with Gasteiger partial charge in [-0.05, 0) is 17.5 Å². The third-order valence-corrected chi connectivity index (χ3v) is 4.44. The van der Waals surface area contributed by atoms with E-state index in [9.17, 15) is 4.79 Å². The molecule has 1 aromatic carbocycles. The Hall–Kier alpha value is -2.34. The minimum atomic E-state index is -0.0710. The molecule has 1 amide bonds. The molecule has 0 saturated carbocycles. The number of rotatable bonds is 4. The Morgan fingerprint density at radius 1 is 1.19 bits per heavy atom. The van der Waals surface area contributed by atoms with Crippen LogP contribution >= 0.6 is 0 Å². The summed E-state index contributed by atoms with van der Waals surface area (Å²) in [4.78, 5) is 17.0. The Morgan fingerprint density at radius 2 is 1.92 bits per heavy atom. The van der Waals surface area contributed by atoms with Gasteiger partial charge in [0.05, 0.1) is 7.11 Å². The van der Waals surface area contributed by atoms with Crippen LogP contribution in [0, 0.1) is 5.41 Å². The fourth-order valence-electron chi connectivity index (χ4n) is 3.23. The lowest BCUT2D eigenvalue weighted by Gasteiger charge is -2.37. The van der Waals surface area contributed by atoms with E-state index in [4.69, 9.17) is 9.26 Å². The van der Waals surface area contributed by atoms with E-state index in [0.29, 0.717) is 11.5 Å².